The molecule has 0 bridgehead atoms. The number of nitrogens with one attached hydrogen (secondary N) is 1. The van der Waals surface area contributed by atoms with Crippen LogP contribution in [0.3, 0.4) is 0 Å². The molecular weight excluding hydrogens is 448 g/mol. The molecule has 4 rings (SSSR count). The zero-order chi connectivity index (χ0) is 24.5. The van der Waals surface area contributed by atoms with Crippen LogP contribution in [0.25, 0.3) is 0 Å². The molecule has 1 aromatic heterocycles. The van der Waals surface area contributed by atoms with Crippen LogP contribution in [0, 0.1) is 5.92 Å². The third-order valence-corrected chi connectivity index (χ3v) is 5.78. The standard InChI is InChI=1S/C27H28N2O6/c30-25(29-24-4-2-1-3-23(24)27(31)32)17-20-5-10-26(28-18-20)35-22-8-6-21(7-9-22)34-16-13-19-11-14-33-15-12-19/h1-10,18-19H,11-17H2,(H,29,30)(H,31,32). The van der Waals surface area contributed by atoms with Crippen LogP contribution < -0.4 is 14.8 Å². The molecule has 0 saturated carbocycles. The van der Waals surface area contributed by atoms with Crippen LogP contribution in [0.4, 0.5) is 5.69 Å². The van der Waals surface area contributed by atoms with Crippen molar-refractivity contribution < 1.29 is 28.9 Å². The number of carboxylic acids is 1. The van der Waals surface area contributed by atoms with Gasteiger partial charge in [-0.05, 0) is 67.1 Å². The second-order valence-corrected chi connectivity index (χ2v) is 8.35. The summed E-state index contributed by atoms with van der Waals surface area (Å²) in [6.45, 7) is 2.38. The molecule has 1 amide bonds. The maximum Gasteiger partial charge on any atom is 0.337 e. The zero-order valence-electron chi connectivity index (χ0n) is 19.3. The zero-order valence-corrected chi connectivity index (χ0v) is 19.3. The van der Waals surface area contributed by atoms with E-state index in [9.17, 15) is 14.7 Å². The maximum absolute atomic E-state index is 12.3. The monoisotopic (exact) mass is 476 g/mol. The molecule has 0 spiro atoms. The van der Waals surface area contributed by atoms with E-state index < -0.39 is 5.97 Å². The largest absolute Gasteiger partial charge is 0.494 e. The molecule has 0 radical (unpaired) electrons. The van der Waals surface area contributed by atoms with Gasteiger partial charge in [-0.15, -0.1) is 0 Å². The minimum Gasteiger partial charge on any atom is -0.494 e. The summed E-state index contributed by atoms with van der Waals surface area (Å²) < 4.78 is 17.0. The number of nitrogens with zero attached hydrogens (tertiary/aromatic N) is 1. The lowest BCUT2D eigenvalue weighted by molar-refractivity contribution is -0.115. The van der Waals surface area contributed by atoms with Gasteiger partial charge in [0.1, 0.15) is 11.5 Å². The summed E-state index contributed by atoms with van der Waals surface area (Å²) in [5.74, 6) is 1.07. The molecule has 8 nitrogen and oxygen atoms in total. The first-order valence-corrected chi connectivity index (χ1v) is 11.6. The number of benzene rings is 2. The smallest absolute Gasteiger partial charge is 0.337 e. The van der Waals surface area contributed by atoms with E-state index in [-0.39, 0.29) is 23.6 Å². The Hall–Kier alpha value is -3.91. The van der Waals surface area contributed by atoms with E-state index in [4.69, 9.17) is 14.2 Å². The minimum atomic E-state index is -1.10. The van der Waals surface area contributed by atoms with Crippen LogP contribution >= 0.6 is 0 Å². The van der Waals surface area contributed by atoms with Gasteiger partial charge in [-0.3, -0.25) is 4.79 Å². The number of aromatic nitrogens is 1. The molecule has 1 aliphatic rings. The highest BCUT2D eigenvalue weighted by Crippen LogP contribution is 2.24. The molecular formula is C27H28N2O6. The number of ether oxygens (including phenoxy) is 3. The molecule has 0 aliphatic carbocycles. The predicted octanol–water partition coefficient (Wildman–Crippen LogP) is 4.95. The molecule has 8 heteroatoms. The maximum atomic E-state index is 12.3. The Morgan fingerprint density at radius 1 is 1.00 bits per heavy atom. The summed E-state index contributed by atoms with van der Waals surface area (Å²) in [6.07, 6.45) is 4.85. The van der Waals surface area contributed by atoms with E-state index in [1.54, 1.807) is 36.5 Å². The number of carbonyl (C=O) groups is 2. The average molecular weight is 477 g/mol. The van der Waals surface area contributed by atoms with Crippen molar-refractivity contribution >= 4 is 17.6 Å². The van der Waals surface area contributed by atoms with Crippen molar-refractivity contribution in [2.24, 2.45) is 5.92 Å². The van der Waals surface area contributed by atoms with Gasteiger partial charge >= 0.3 is 5.97 Å². The summed E-state index contributed by atoms with van der Waals surface area (Å²) in [4.78, 5) is 27.9. The average Bonchev–Trinajstić information content (AvgIpc) is 2.87. The number of amides is 1. The molecule has 2 N–H and O–H groups in total. The summed E-state index contributed by atoms with van der Waals surface area (Å²) in [5.41, 5.74) is 0.975. The molecule has 1 saturated heterocycles. The summed E-state index contributed by atoms with van der Waals surface area (Å²) in [7, 11) is 0. The van der Waals surface area contributed by atoms with Crippen LogP contribution in [-0.4, -0.2) is 41.8 Å². The van der Waals surface area contributed by atoms with E-state index in [2.05, 4.69) is 10.3 Å². The van der Waals surface area contributed by atoms with Gasteiger partial charge in [0.05, 0.1) is 24.3 Å². The molecule has 0 atom stereocenters. The first-order valence-electron chi connectivity index (χ1n) is 11.6. The third kappa shape index (κ3) is 7.28. The highest BCUT2D eigenvalue weighted by Gasteiger charge is 2.14. The Bertz CT molecular complexity index is 1130. The first kappa shape index (κ1) is 24.2. The highest BCUT2D eigenvalue weighted by atomic mass is 16.5. The number of hydrogen-bond donors (Lipinski definition) is 2. The fourth-order valence-corrected chi connectivity index (χ4v) is 3.84. The van der Waals surface area contributed by atoms with E-state index in [1.807, 2.05) is 24.3 Å². The lowest BCUT2D eigenvalue weighted by Crippen LogP contribution is -2.17. The summed E-state index contributed by atoms with van der Waals surface area (Å²) in [6, 6.07) is 17.1. The number of aromatic carboxylic acids is 1. The fourth-order valence-electron chi connectivity index (χ4n) is 3.84. The van der Waals surface area contributed by atoms with E-state index >= 15 is 0 Å². The molecule has 0 unspecified atom stereocenters. The molecule has 1 fully saturated rings. The second kappa shape index (κ2) is 12.0. The van der Waals surface area contributed by atoms with Crippen molar-refractivity contribution in [3.8, 4) is 17.4 Å². The number of hydrogen-bond acceptors (Lipinski definition) is 6. The lowest BCUT2D eigenvalue weighted by Gasteiger charge is -2.21. The van der Waals surface area contributed by atoms with Crippen LogP contribution in [0.2, 0.25) is 0 Å². The van der Waals surface area contributed by atoms with Gasteiger partial charge in [0.25, 0.3) is 0 Å². The van der Waals surface area contributed by atoms with Gasteiger partial charge in [-0.2, -0.15) is 0 Å². The lowest BCUT2D eigenvalue weighted by atomic mass is 9.97. The molecule has 2 aromatic carbocycles. The van der Waals surface area contributed by atoms with Gasteiger partial charge in [-0.25, -0.2) is 9.78 Å². The number of para-hydroxylation sites is 1. The number of anilines is 1. The van der Waals surface area contributed by atoms with Gasteiger partial charge in [0, 0.05) is 25.5 Å². The molecule has 2 heterocycles. The quantitative estimate of drug-likeness (QED) is 0.426. The van der Waals surface area contributed by atoms with Crippen molar-refractivity contribution in [3.63, 3.8) is 0 Å². The van der Waals surface area contributed by atoms with Crippen molar-refractivity contribution in [1.82, 2.24) is 4.98 Å². The van der Waals surface area contributed by atoms with Crippen LogP contribution in [0.5, 0.6) is 17.4 Å². The first-order chi connectivity index (χ1) is 17.1. The number of pyridine rings is 1. The van der Waals surface area contributed by atoms with Crippen LogP contribution in [0.1, 0.15) is 35.2 Å². The Balaban J connectivity index is 1.24. The van der Waals surface area contributed by atoms with Crippen molar-refractivity contribution in [2.45, 2.75) is 25.7 Å². The van der Waals surface area contributed by atoms with Crippen molar-refractivity contribution in [1.29, 1.82) is 0 Å². The van der Waals surface area contributed by atoms with Crippen molar-refractivity contribution in [3.05, 3.63) is 78.0 Å². The molecule has 35 heavy (non-hydrogen) atoms. The topological polar surface area (TPSA) is 107 Å². The molecule has 182 valence electrons. The van der Waals surface area contributed by atoms with Gasteiger partial charge < -0.3 is 24.6 Å². The normalized spacial score (nSPS) is 13.7. The third-order valence-electron chi connectivity index (χ3n) is 5.78. The van der Waals surface area contributed by atoms with Crippen molar-refractivity contribution in [2.75, 3.05) is 25.1 Å². The van der Waals surface area contributed by atoms with Crippen LogP contribution in [-0.2, 0) is 16.0 Å². The SMILES string of the molecule is O=C(Cc1ccc(Oc2ccc(OCCC3CCOCC3)cc2)nc1)Nc1ccccc1C(=O)O. The number of carboxylic acid groups (broad SMARTS) is 1. The fraction of sp³-hybridized carbons (Fsp3) is 0.296. The number of rotatable bonds is 10. The number of carbonyl (C=O) groups excluding carboxylic acids is 1. The Morgan fingerprint density at radius 3 is 2.46 bits per heavy atom. The molecule has 3 aromatic rings. The minimum absolute atomic E-state index is 0.0402. The molecule has 1 aliphatic heterocycles. The van der Waals surface area contributed by atoms with Gasteiger partial charge in [0.2, 0.25) is 11.8 Å². The Labute approximate surface area is 203 Å². The predicted molar refractivity (Wildman–Crippen MR) is 130 cm³/mol. The second-order valence-electron chi connectivity index (χ2n) is 8.35. The summed E-state index contributed by atoms with van der Waals surface area (Å²) in [5, 5.41) is 11.9. The van der Waals surface area contributed by atoms with E-state index in [1.165, 1.54) is 6.07 Å². The Kier molecular flexibility index (Phi) is 8.30. The highest BCUT2D eigenvalue weighted by molar-refractivity contribution is 6.00. The summed E-state index contributed by atoms with van der Waals surface area (Å²) >= 11 is 0. The van der Waals surface area contributed by atoms with E-state index in [0.717, 1.165) is 38.2 Å². The van der Waals surface area contributed by atoms with Gasteiger partial charge in [-0.1, -0.05) is 18.2 Å². The van der Waals surface area contributed by atoms with E-state index in [0.29, 0.717) is 29.7 Å². The van der Waals surface area contributed by atoms with Gasteiger partial charge in [0.15, 0.2) is 0 Å². The van der Waals surface area contributed by atoms with Crippen LogP contribution in [0.15, 0.2) is 66.9 Å². The Morgan fingerprint density at radius 2 is 1.74 bits per heavy atom.